The highest BCUT2D eigenvalue weighted by Crippen LogP contribution is 2.23. The van der Waals surface area contributed by atoms with Gasteiger partial charge in [0.15, 0.2) is 0 Å². The molecule has 3 aromatic rings. The molecule has 0 unspecified atom stereocenters. The van der Waals surface area contributed by atoms with E-state index in [9.17, 15) is 4.79 Å². The van der Waals surface area contributed by atoms with Crippen molar-refractivity contribution in [1.82, 2.24) is 15.3 Å². The van der Waals surface area contributed by atoms with Crippen molar-refractivity contribution in [2.24, 2.45) is 0 Å². The van der Waals surface area contributed by atoms with E-state index in [2.05, 4.69) is 21.9 Å². The Hall–Kier alpha value is -3.01. The van der Waals surface area contributed by atoms with Crippen LogP contribution in [0.4, 0.5) is 0 Å². The Bertz CT molecular complexity index is 917. The molecule has 3 rings (SSSR count). The standard InChI is InChI=1S/C20H19N3O/c1-4-15-9-14(3)19-17(11-15)13(2)10-18(23-19)20(24)22-12-16-7-5-6-8-21-16/h4-11H,1,12H2,2-3H3,(H,22,24). The summed E-state index contributed by atoms with van der Waals surface area (Å²) in [5, 5.41) is 3.92. The molecule has 1 aromatic carbocycles. The van der Waals surface area contributed by atoms with Crippen LogP contribution in [-0.2, 0) is 6.54 Å². The fourth-order valence-corrected chi connectivity index (χ4v) is 2.69. The van der Waals surface area contributed by atoms with Crippen LogP contribution < -0.4 is 5.32 Å². The molecular formula is C20H19N3O. The van der Waals surface area contributed by atoms with E-state index in [0.29, 0.717) is 12.2 Å². The van der Waals surface area contributed by atoms with Crippen LogP contribution in [0.25, 0.3) is 17.0 Å². The molecule has 1 amide bonds. The highest BCUT2D eigenvalue weighted by Gasteiger charge is 2.12. The SMILES string of the molecule is C=Cc1cc(C)c2nc(C(=O)NCc3ccccn3)cc(C)c2c1. The topological polar surface area (TPSA) is 54.9 Å². The third kappa shape index (κ3) is 3.18. The number of hydrogen-bond acceptors (Lipinski definition) is 3. The molecule has 2 heterocycles. The average molecular weight is 317 g/mol. The molecule has 0 spiro atoms. The van der Waals surface area contributed by atoms with E-state index in [0.717, 1.165) is 33.3 Å². The van der Waals surface area contributed by atoms with E-state index in [1.807, 2.05) is 56.3 Å². The van der Waals surface area contributed by atoms with Gasteiger partial charge in [0.05, 0.1) is 17.8 Å². The number of nitrogens with one attached hydrogen (secondary N) is 1. The molecule has 0 aliphatic heterocycles. The lowest BCUT2D eigenvalue weighted by Crippen LogP contribution is -2.24. The Labute approximate surface area is 141 Å². The predicted octanol–water partition coefficient (Wildman–Crippen LogP) is 3.82. The molecule has 0 atom stereocenters. The van der Waals surface area contributed by atoms with E-state index in [4.69, 9.17) is 0 Å². The Morgan fingerprint density at radius 1 is 1.21 bits per heavy atom. The molecule has 0 bridgehead atoms. The van der Waals surface area contributed by atoms with Gasteiger partial charge in [-0.3, -0.25) is 9.78 Å². The first-order valence-corrected chi connectivity index (χ1v) is 7.81. The van der Waals surface area contributed by atoms with Crippen LogP contribution in [0.3, 0.4) is 0 Å². The molecule has 1 N–H and O–H groups in total. The van der Waals surface area contributed by atoms with Gasteiger partial charge in [-0.1, -0.05) is 18.7 Å². The molecule has 0 aliphatic rings. The average Bonchev–Trinajstić information content (AvgIpc) is 2.61. The molecule has 24 heavy (non-hydrogen) atoms. The Balaban J connectivity index is 1.91. The Morgan fingerprint density at radius 2 is 2.04 bits per heavy atom. The van der Waals surface area contributed by atoms with Crippen LogP contribution in [0.5, 0.6) is 0 Å². The van der Waals surface area contributed by atoms with E-state index in [-0.39, 0.29) is 5.91 Å². The van der Waals surface area contributed by atoms with E-state index in [1.165, 1.54) is 0 Å². The summed E-state index contributed by atoms with van der Waals surface area (Å²) >= 11 is 0. The first kappa shape index (κ1) is 15.9. The number of hydrogen-bond donors (Lipinski definition) is 1. The first-order chi connectivity index (χ1) is 11.6. The summed E-state index contributed by atoms with van der Waals surface area (Å²) in [5.41, 5.74) is 5.20. The van der Waals surface area contributed by atoms with E-state index >= 15 is 0 Å². The maximum Gasteiger partial charge on any atom is 0.270 e. The highest BCUT2D eigenvalue weighted by molar-refractivity contribution is 5.97. The van der Waals surface area contributed by atoms with Crippen LogP contribution in [0.15, 0.2) is 49.2 Å². The summed E-state index contributed by atoms with van der Waals surface area (Å²) in [6.45, 7) is 8.19. The molecule has 0 saturated carbocycles. The predicted molar refractivity (Wildman–Crippen MR) is 96.7 cm³/mol. The number of carbonyl (C=O) groups is 1. The van der Waals surface area contributed by atoms with Crippen molar-refractivity contribution in [3.05, 3.63) is 77.3 Å². The minimum Gasteiger partial charge on any atom is -0.345 e. The molecule has 4 nitrogen and oxygen atoms in total. The van der Waals surface area contributed by atoms with E-state index < -0.39 is 0 Å². The number of amides is 1. The lowest BCUT2D eigenvalue weighted by atomic mass is 10.0. The summed E-state index contributed by atoms with van der Waals surface area (Å²) in [7, 11) is 0. The van der Waals surface area contributed by atoms with Gasteiger partial charge in [-0.2, -0.15) is 0 Å². The van der Waals surface area contributed by atoms with Gasteiger partial charge in [-0.25, -0.2) is 4.98 Å². The lowest BCUT2D eigenvalue weighted by Gasteiger charge is -2.10. The third-order valence-corrected chi connectivity index (χ3v) is 3.96. The molecule has 0 fully saturated rings. The molecule has 0 radical (unpaired) electrons. The normalized spacial score (nSPS) is 10.6. The van der Waals surface area contributed by atoms with Gasteiger partial charge in [-0.15, -0.1) is 0 Å². The van der Waals surface area contributed by atoms with Gasteiger partial charge >= 0.3 is 0 Å². The summed E-state index contributed by atoms with van der Waals surface area (Å²) in [6, 6.07) is 11.5. The van der Waals surface area contributed by atoms with Crippen molar-refractivity contribution in [2.45, 2.75) is 20.4 Å². The van der Waals surface area contributed by atoms with Crippen LogP contribution in [0.1, 0.15) is 32.9 Å². The fraction of sp³-hybridized carbons (Fsp3) is 0.150. The molecular weight excluding hydrogens is 298 g/mol. The van der Waals surface area contributed by atoms with Crippen LogP contribution >= 0.6 is 0 Å². The van der Waals surface area contributed by atoms with Gasteiger partial charge in [0.2, 0.25) is 0 Å². The van der Waals surface area contributed by atoms with Gasteiger partial charge in [-0.05, 0) is 60.9 Å². The summed E-state index contributed by atoms with van der Waals surface area (Å²) in [5.74, 6) is -0.196. The number of aryl methyl sites for hydroxylation is 2. The molecule has 0 aliphatic carbocycles. The number of pyridine rings is 2. The minimum absolute atomic E-state index is 0.196. The second kappa shape index (κ2) is 6.62. The minimum atomic E-state index is -0.196. The maximum absolute atomic E-state index is 12.4. The molecule has 4 heteroatoms. The second-order valence-corrected chi connectivity index (χ2v) is 5.77. The van der Waals surface area contributed by atoms with Gasteiger partial charge < -0.3 is 5.32 Å². The van der Waals surface area contributed by atoms with Crippen molar-refractivity contribution < 1.29 is 4.79 Å². The van der Waals surface area contributed by atoms with Crippen molar-refractivity contribution in [3.8, 4) is 0 Å². The van der Waals surface area contributed by atoms with Crippen molar-refractivity contribution in [1.29, 1.82) is 0 Å². The zero-order valence-corrected chi connectivity index (χ0v) is 13.8. The maximum atomic E-state index is 12.4. The highest BCUT2D eigenvalue weighted by atomic mass is 16.1. The zero-order valence-electron chi connectivity index (χ0n) is 13.8. The third-order valence-electron chi connectivity index (χ3n) is 3.96. The lowest BCUT2D eigenvalue weighted by molar-refractivity contribution is 0.0945. The van der Waals surface area contributed by atoms with Crippen molar-refractivity contribution in [2.75, 3.05) is 0 Å². The number of fused-ring (bicyclic) bond motifs is 1. The number of rotatable bonds is 4. The van der Waals surface area contributed by atoms with Gasteiger partial charge in [0, 0.05) is 11.6 Å². The summed E-state index contributed by atoms with van der Waals surface area (Å²) in [6.07, 6.45) is 3.53. The van der Waals surface area contributed by atoms with Crippen LogP contribution in [0, 0.1) is 13.8 Å². The van der Waals surface area contributed by atoms with Gasteiger partial charge in [0.25, 0.3) is 5.91 Å². The first-order valence-electron chi connectivity index (χ1n) is 7.81. The van der Waals surface area contributed by atoms with Crippen LogP contribution in [-0.4, -0.2) is 15.9 Å². The summed E-state index contributed by atoms with van der Waals surface area (Å²) < 4.78 is 0. The molecule has 120 valence electrons. The Kier molecular flexibility index (Phi) is 4.38. The van der Waals surface area contributed by atoms with Crippen molar-refractivity contribution >= 4 is 22.9 Å². The number of benzene rings is 1. The Morgan fingerprint density at radius 3 is 2.75 bits per heavy atom. The summed E-state index contributed by atoms with van der Waals surface area (Å²) in [4.78, 5) is 21.2. The van der Waals surface area contributed by atoms with E-state index in [1.54, 1.807) is 6.20 Å². The number of nitrogens with zero attached hydrogens (tertiary/aromatic N) is 2. The second-order valence-electron chi connectivity index (χ2n) is 5.77. The quantitative estimate of drug-likeness (QED) is 0.796. The fourth-order valence-electron chi connectivity index (χ4n) is 2.69. The van der Waals surface area contributed by atoms with Crippen molar-refractivity contribution in [3.63, 3.8) is 0 Å². The molecule has 2 aromatic heterocycles. The smallest absolute Gasteiger partial charge is 0.270 e. The van der Waals surface area contributed by atoms with Gasteiger partial charge in [0.1, 0.15) is 5.69 Å². The number of aromatic nitrogens is 2. The largest absolute Gasteiger partial charge is 0.345 e. The monoisotopic (exact) mass is 317 g/mol. The van der Waals surface area contributed by atoms with Crippen LogP contribution in [0.2, 0.25) is 0 Å². The number of carbonyl (C=O) groups excluding carboxylic acids is 1. The zero-order chi connectivity index (χ0) is 17.1. The molecule has 0 saturated heterocycles.